The van der Waals surface area contributed by atoms with Crippen molar-refractivity contribution in [2.24, 2.45) is 5.10 Å². The lowest BCUT2D eigenvalue weighted by Gasteiger charge is -2.41. The van der Waals surface area contributed by atoms with Crippen LogP contribution in [0, 0.1) is 0 Å². The minimum Gasteiger partial charge on any atom is -0.333 e. The third-order valence-corrected chi connectivity index (χ3v) is 8.66. The fraction of sp³-hybridized carbons (Fsp3) is 0.769. The summed E-state index contributed by atoms with van der Waals surface area (Å²) in [7, 11) is 0. The quantitative estimate of drug-likeness (QED) is 0.367. The van der Waals surface area contributed by atoms with E-state index in [4.69, 9.17) is 4.63 Å². The zero-order valence-electron chi connectivity index (χ0n) is 22.9. The molecule has 13 nitrogen and oxygen atoms in total. The number of carbonyl (C=O) groups is 3. The Kier molecular flexibility index (Phi) is 8.06. The van der Waals surface area contributed by atoms with Crippen molar-refractivity contribution < 1.29 is 24.2 Å². The van der Waals surface area contributed by atoms with Crippen LogP contribution in [0.5, 0.6) is 0 Å². The number of hydroxylamine groups is 2. The van der Waals surface area contributed by atoms with E-state index >= 15 is 0 Å². The Hall–Kier alpha value is -3.22. The number of aryl methyl sites for hydroxylation is 1. The molecule has 1 aromatic rings. The maximum Gasteiger partial charge on any atom is 0.343 e. The number of fused-ring (bicyclic) bond motifs is 1. The summed E-state index contributed by atoms with van der Waals surface area (Å²) in [5.74, 6) is -0.479. The number of hydrogen-bond donors (Lipinski definition) is 3. The molecule has 39 heavy (non-hydrogen) atoms. The molecule has 0 spiro atoms. The summed E-state index contributed by atoms with van der Waals surface area (Å²) in [4.78, 5) is 43.1. The zero-order chi connectivity index (χ0) is 27.6. The van der Waals surface area contributed by atoms with E-state index in [1.54, 1.807) is 18.7 Å². The fourth-order valence-corrected chi connectivity index (χ4v) is 6.52. The van der Waals surface area contributed by atoms with Crippen LogP contribution in [-0.2, 0) is 11.2 Å². The standard InChI is InChI=1S/C26H40N8O5/c1-26(2)23(34(38)24(36)27-17-10-5-3-6-11-17)33(18-12-7-4-8-13-18)25(37)32(26)16-21(35)29-28-19-14-9-15-20-22(19)31-39-30-20/h17-18,23,38H,3-16H2,1-2H3,(H,27,36)(H,29,35)/b28-19-. The number of nitrogens with one attached hydrogen (secondary N) is 2. The van der Waals surface area contributed by atoms with Gasteiger partial charge in [-0.3, -0.25) is 14.9 Å². The van der Waals surface area contributed by atoms with E-state index in [0.29, 0.717) is 28.6 Å². The molecule has 0 radical (unpaired) electrons. The Bertz CT molecular complexity index is 1090. The smallest absolute Gasteiger partial charge is 0.333 e. The van der Waals surface area contributed by atoms with Crippen LogP contribution in [0.3, 0.4) is 0 Å². The van der Waals surface area contributed by atoms with Gasteiger partial charge in [-0.2, -0.15) is 10.2 Å². The summed E-state index contributed by atoms with van der Waals surface area (Å²) in [6.07, 6.45) is 10.8. The Morgan fingerprint density at radius 2 is 1.74 bits per heavy atom. The lowest BCUT2D eigenvalue weighted by Crippen LogP contribution is -2.61. The van der Waals surface area contributed by atoms with E-state index in [1.807, 2.05) is 0 Å². The number of urea groups is 2. The number of aromatic nitrogens is 2. The van der Waals surface area contributed by atoms with E-state index in [0.717, 1.165) is 77.0 Å². The van der Waals surface area contributed by atoms with Crippen molar-refractivity contribution in [2.75, 3.05) is 6.54 Å². The normalized spacial score (nSPS) is 25.1. The molecule has 214 valence electrons. The molecule has 0 bridgehead atoms. The van der Waals surface area contributed by atoms with Crippen LogP contribution < -0.4 is 10.7 Å². The molecular formula is C26H40N8O5. The number of rotatable bonds is 6. The topological polar surface area (TPSA) is 156 Å². The monoisotopic (exact) mass is 544 g/mol. The summed E-state index contributed by atoms with van der Waals surface area (Å²) in [5.41, 5.74) is 3.35. The Balaban J connectivity index is 1.33. The van der Waals surface area contributed by atoms with Crippen LogP contribution in [0.15, 0.2) is 9.73 Å². The summed E-state index contributed by atoms with van der Waals surface area (Å²) >= 11 is 0. The summed E-state index contributed by atoms with van der Waals surface area (Å²) in [6, 6.07) is -1.10. The van der Waals surface area contributed by atoms with Gasteiger partial charge in [-0.1, -0.05) is 43.7 Å². The molecule has 0 aromatic carbocycles. The van der Waals surface area contributed by atoms with E-state index in [2.05, 4.69) is 26.2 Å². The first-order valence-electron chi connectivity index (χ1n) is 14.3. The first-order valence-corrected chi connectivity index (χ1v) is 14.3. The maximum absolute atomic E-state index is 13.9. The van der Waals surface area contributed by atoms with Crippen molar-refractivity contribution in [3.8, 4) is 0 Å². The molecule has 2 heterocycles. The highest BCUT2D eigenvalue weighted by molar-refractivity contribution is 6.01. The molecule has 3 fully saturated rings. The molecule has 5 rings (SSSR count). The Labute approximate surface area is 228 Å². The number of carbonyl (C=O) groups excluding carboxylic acids is 3. The lowest BCUT2D eigenvalue weighted by molar-refractivity contribution is -0.143. The highest BCUT2D eigenvalue weighted by Gasteiger charge is 2.57. The number of hydrogen-bond acceptors (Lipinski definition) is 8. The Morgan fingerprint density at radius 3 is 2.46 bits per heavy atom. The van der Waals surface area contributed by atoms with Gasteiger partial charge in [0, 0.05) is 12.1 Å². The van der Waals surface area contributed by atoms with Gasteiger partial charge in [0.15, 0.2) is 11.9 Å². The molecule has 1 aliphatic heterocycles. The third kappa shape index (κ3) is 5.59. The van der Waals surface area contributed by atoms with Gasteiger partial charge in [-0.05, 0) is 63.9 Å². The first kappa shape index (κ1) is 27.4. The molecule has 3 N–H and O–H groups in total. The minimum absolute atomic E-state index is 0.00506. The summed E-state index contributed by atoms with van der Waals surface area (Å²) in [6.45, 7) is 3.29. The minimum atomic E-state index is -1.05. The second-order valence-corrected chi connectivity index (χ2v) is 11.7. The van der Waals surface area contributed by atoms with Crippen LogP contribution in [0.1, 0.15) is 102 Å². The number of nitrogens with zero attached hydrogens (tertiary/aromatic N) is 6. The largest absolute Gasteiger partial charge is 0.343 e. The molecular weight excluding hydrogens is 504 g/mol. The predicted molar refractivity (Wildman–Crippen MR) is 140 cm³/mol. The van der Waals surface area contributed by atoms with Crippen LogP contribution in [0.2, 0.25) is 0 Å². The second kappa shape index (κ2) is 11.5. The van der Waals surface area contributed by atoms with Gasteiger partial charge in [0.1, 0.15) is 12.2 Å². The van der Waals surface area contributed by atoms with Gasteiger partial charge < -0.3 is 10.2 Å². The van der Waals surface area contributed by atoms with Gasteiger partial charge in [0.2, 0.25) is 0 Å². The summed E-state index contributed by atoms with van der Waals surface area (Å²) in [5, 5.41) is 26.9. The number of amides is 5. The fourth-order valence-electron chi connectivity index (χ4n) is 6.52. The van der Waals surface area contributed by atoms with Crippen molar-refractivity contribution in [3.05, 3.63) is 11.4 Å². The van der Waals surface area contributed by atoms with Crippen LogP contribution >= 0.6 is 0 Å². The van der Waals surface area contributed by atoms with Crippen molar-refractivity contribution in [3.63, 3.8) is 0 Å². The van der Waals surface area contributed by atoms with Crippen LogP contribution in [0.4, 0.5) is 9.59 Å². The van der Waals surface area contributed by atoms with E-state index in [-0.39, 0.29) is 24.7 Å². The molecule has 1 aromatic heterocycles. The van der Waals surface area contributed by atoms with Gasteiger partial charge >= 0.3 is 12.1 Å². The lowest BCUT2D eigenvalue weighted by atomic mass is 9.92. The molecule has 1 saturated heterocycles. The average Bonchev–Trinajstić information content (AvgIpc) is 3.49. The average molecular weight is 545 g/mol. The molecule has 1 unspecified atom stereocenters. The predicted octanol–water partition coefficient (Wildman–Crippen LogP) is 3.13. The highest BCUT2D eigenvalue weighted by Crippen LogP contribution is 2.39. The molecule has 3 aliphatic carbocycles. The van der Waals surface area contributed by atoms with Crippen LogP contribution in [0.25, 0.3) is 0 Å². The van der Waals surface area contributed by atoms with Gasteiger partial charge in [0.05, 0.1) is 11.3 Å². The molecule has 13 heteroatoms. The Morgan fingerprint density at radius 1 is 1.05 bits per heavy atom. The van der Waals surface area contributed by atoms with Gasteiger partial charge in [0.25, 0.3) is 5.91 Å². The van der Waals surface area contributed by atoms with E-state index < -0.39 is 23.6 Å². The van der Waals surface area contributed by atoms with Crippen LogP contribution in [-0.4, -0.2) is 84.4 Å². The van der Waals surface area contributed by atoms with E-state index in [1.165, 1.54) is 4.90 Å². The molecule has 5 amide bonds. The zero-order valence-corrected chi connectivity index (χ0v) is 22.9. The summed E-state index contributed by atoms with van der Waals surface area (Å²) < 4.78 is 4.81. The van der Waals surface area contributed by atoms with E-state index in [9.17, 15) is 19.6 Å². The first-order chi connectivity index (χ1) is 18.8. The maximum atomic E-state index is 13.9. The highest BCUT2D eigenvalue weighted by atomic mass is 16.6. The van der Waals surface area contributed by atoms with Crippen molar-refractivity contribution >= 4 is 23.7 Å². The van der Waals surface area contributed by atoms with Crippen molar-refractivity contribution in [1.82, 2.24) is 35.9 Å². The SMILES string of the molecule is CC1(C)C(N(O)C(=O)NC2CCCCC2)N(C2CCCCC2)C(=O)N1CC(=O)N/N=C1/CCCc2nonc21. The van der Waals surface area contributed by atoms with Gasteiger partial charge in [-0.15, -0.1) is 0 Å². The third-order valence-electron chi connectivity index (χ3n) is 8.66. The number of hydrazone groups is 1. The second-order valence-electron chi connectivity index (χ2n) is 11.7. The molecule has 4 aliphatic rings. The van der Waals surface area contributed by atoms with Gasteiger partial charge in [-0.25, -0.2) is 19.6 Å². The van der Waals surface area contributed by atoms with Crippen molar-refractivity contribution in [1.29, 1.82) is 0 Å². The molecule has 2 saturated carbocycles. The molecule has 1 atom stereocenters. The van der Waals surface area contributed by atoms with Crippen molar-refractivity contribution in [2.45, 2.75) is 121 Å².